The molecule has 2 aromatic rings. The van der Waals surface area contributed by atoms with E-state index in [2.05, 4.69) is 35.1 Å². The molecule has 1 N–H and O–H groups in total. The van der Waals surface area contributed by atoms with Gasteiger partial charge in [0.15, 0.2) is 0 Å². The number of aromatic nitrogens is 3. The van der Waals surface area contributed by atoms with Gasteiger partial charge in [-0.1, -0.05) is 0 Å². The molecule has 0 fully saturated rings. The molecule has 130 valence electrons. The first-order valence-corrected chi connectivity index (χ1v) is 8.42. The Balaban J connectivity index is 1.92. The van der Waals surface area contributed by atoms with E-state index in [1.54, 1.807) is 12.3 Å². The summed E-state index contributed by atoms with van der Waals surface area (Å²) in [6, 6.07) is 6.09. The van der Waals surface area contributed by atoms with Crippen molar-refractivity contribution in [1.82, 2.24) is 15.0 Å². The zero-order valence-electron chi connectivity index (χ0n) is 15.1. The zero-order valence-corrected chi connectivity index (χ0v) is 15.1. The van der Waals surface area contributed by atoms with Gasteiger partial charge >= 0.3 is 0 Å². The topological polar surface area (TPSA) is 81.0 Å². The molecule has 0 atom stereocenters. The van der Waals surface area contributed by atoms with Gasteiger partial charge in [-0.2, -0.15) is 10.2 Å². The molecule has 0 spiro atoms. The van der Waals surface area contributed by atoms with Crippen molar-refractivity contribution in [2.45, 2.75) is 32.9 Å². The highest BCUT2D eigenvalue weighted by atomic mass is 15.2. The van der Waals surface area contributed by atoms with Crippen LogP contribution in [0.5, 0.6) is 0 Å². The van der Waals surface area contributed by atoms with Crippen molar-refractivity contribution in [3.63, 3.8) is 0 Å². The zero-order chi connectivity index (χ0) is 18.0. The van der Waals surface area contributed by atoms with Crippen molar-refractivity contribution < 1.29 is 0 Å². The van der Waals surface area contributed by atoms with E-state index in [4.69, 9.17) is 15.2 Å². The van der Waals surface area contributed by atoms with E-state index in [1.165, 1.54) is 0 Å². The van der Waals surface area contributed by atoms with Crippen LogP contribution in [0.15, 0.2) is 18.3 Å². The molecule has 0 unspecified atom stereocenters. The quantitative estimate of drug-likeness (QED) is 0.916. The van der Waals surface area contributed by atoms with Crippen LogP contribution in [-0.4, -0.2) is 41.6 Å². The van der Waals surface area contributed by atoms with Gasteiger partial charge in [-0.25, -0.2) is 9.97 Å². The molecular weight excluding hydrogens is 314 g/mol. The predicted octanol–water partition coefficient (Wildman–Crippen LogP) is 2.19. The lowest BCUT2D eigenvalue weighted by molar-refractivity contribution is 0.693. The van der Waals surface area contributed by atoms with Gasteiger partial charge in [-0.3, -0.25) is 0 Å². The van der Waals surface area contributed by atoms with Crippen LogP contribution in [0.25, 0.3) is 0 Å². The Morgan fingerprint density at radius 2 is 2.08 bits per heavy atom. The monoisotopic (exact) mass is 337 g/mol. The van der Waals surface area contributed by atoms with Crippen molar-refractivity contribution in [2.75, 3.05) is 35.8 Å². The lowest BCUT2D eigenvalue weighted by atomic mass is 10.1. The highest BCUT2D eigenvalue weighted by Gasteiger charge is 2.24. The van der Waals surface area contributed by atoms with Crippen molar-refractivity contribution in [3.8, 4) is 6.07 Å². The molecule has 1 aliphatic heterocycles. The molecule has 0 aromatic carbocycles. The minimum atomic E-state index is 0.288. The summed E-state index contributed by atoms with van der Waals surface area (Å²) in [6.07, 6.45) is 2.46. The van der Waals surface area contributed by atoms with Crippen molar-refractivity contribution >= 4 is 17.6 Å². The summed E-state index contributed by atoms with van der Waals surface area (Å²) < 4.78 is 0. The molecule has 0 radical (unpaired) electrons. The first-order valence-electron chi connectivity index (χ1n) is 8.42. The highest BCUT2D eigenvalue weighted by Crippen LogP contribution is 2.29. The number of hydrogen-bond acceptors (Lipinski definition) is 7. The van der Waals surface area contributed by atoms with Crippen molar-refractivity contribution in [3.05, 3.63) is 35.2 Å². The van der Waals surface area contributed by atoms with Gasteiger partial charge in [-0.05, 0) is 26.0 Å². The molecule has 0 saturated carbocycles. The second-order valence-corrected chi connectivity index (χ2v) is 6.68. The molecule has 2 aromatic heterocycles. The second kappa shape index (κ2) is 6.93. The molecule has 3 heterocycles. The molecule has 0 aliphatic carbocycles. The van der Waals surface area contributed by atoms with Gasteiger partial charge < -0.3 is 15.1 Å². The number of nitriles is 1. The fraction of sp³-hybridized carbons (Fsp3) is 0.444. The number of fused-ring (bicyclic) bond motifs is 1. The summed E-state index contributed by atoms with van der Waals surface area (Å²) in [5.41, 5.74) is 2.80. The third-order valence-corrected chi connectivity index (χ3v) is 4.08. The van der Waals surface area contributed by atoms with Crippen LogP contribution in [0, 0.1) is 11.3 Å². The number of pyridine rings is 1. The van der Waals surface area contributed by atoms with Gasteiger partial charge in [0.1, 0.15) is 17.7 Å². The minimum absolute atomic E-state index is 0.288. The van der Waals surface area contributed by atoms with Crippen LogP contribution in [0.2, 0.25) is 0 Å². The maximum absolute atomic E-state index is 8.92. The average molecular weight is 337 g/mol. The van der Waals surface area contributed by atoms with E-state index in [1.807, 2.05) is 25.1 Å². The summed E-state index contributed by atoms with van der Waals surface area (Å²) in [7, 11) is 4.00. The Kier molecular flexibility index (Phi) is 4.70. The lowest BCUT2D eigenvalue weighted by Gasteiger charge is -2.31. The van der Waals surface area contributed by atoms with Crippen molar-refractivity contribution in [1.29, 1.82) is 5.26 Å². The van der Waals surface area contributed by atoms with Gasteiger partial charge in [0.05, 0.1) is 11.3 Å². The number of hydrogen-bond donors (Lipinski definition) is 1. The van der Waals surface area contributed by atoms with Crippen LogP contribution in [0.1, 0.15) is 30.7 Å². The largest absolute Gasteiger partial charge is 0.362 e. The molecule has 1 aliphatic rings. The van der Waals surface area contributed by atoms with Gasteiger partial charge in [-0.15, -0.1) is 0 Å². The molecule has 3 rings (SSSR count). The maximum Gasteiger partial charge on any atom is 0.225 e. The molecule has 0 bridgehead atoms. The lowest BCUT2D eigenvalue weighted by Crippen LogP contribution is -2.34. The smallest absolute Gasteiger partial charge is 0.225 e. The second-order valence-electron chi connectivity index (χ2n) is 6.68. The molecule has 0 amide bonds. The first-order chi connectivity index (χ1) is 12.0. The summed E-state index contributed by atoms with van der Waals surface area (Å²) in [5, 5.41) is 12.2. The maximum atomic E-state index is 8.92. The minimum Gasteiger partial charge on any atom is -0.362 e. The van der Waals surface area contributed by atoms with E-state index in [0.717, 1.165) is 35.9 Å². The van der Waals surface area contributed by atoms with Gasteiger partial charge in [0, 0.05) is 51.4 Å². The molecule has 7 nitrogen and oxygen atoms in total. The highest BCUT2D eigenvalue weighted by molar-refractivity contribution is 5.56. The first kappa shape index (κ1) is 17.0. The summed E-state index contributed by atoms with van der Waals surface area (Å²) in [4.78, 5) is 18.1. The Morgan fingerprint density at radius 3 is 2.68 bits per heavy atom. The normalized spacial score (nSPS) is 13.4. The number of rotatable bonds is 4. The van der Waals surface area contributed by atoms with E-state index in [9.17, 15) is 0 Å². The molecule has 7 heteroatoms. The third kappa shape index (κ3) is 3.63. The van der Waals surface area contributed by atoms with Crippen LogP contribution < -0.4 is 15.1 Å². The summed E-state index contributed by atoms with van der Waals surface area (Å²) in [5.74, 6) is 2.49. The average Bonchev–Trinajstić information content (AvgIpc) is 2.60. The SMILES string of the molecule is CC(C)Nc1nc2c(c(N(C)C)n1)CN(c1ccc(C#N)cn1)CC2. The van der Waals surface area contributed by atoms with E-state index < -0.39 is 0 Å². The standard InChI is InChI=1S/C18H23N7/c1-12(2)21-18-22-15-7-8-25(11-14(15)17(23-18)24(3)4)16-6-5-13(9-19)10-20-16/h5-6,10,12H,7-8,11H2,1-4H3,(H,21,22,23). The van der Waals surface area contributed by atoms with Gasteiger partial charge in [0.25, 0.3) is 0 Å². The van der Waals surface area contributed by atoms with Crippen molar-refractivity contribution in [2.24, 2.45) is 0 Å². The number of anilines is 3. The van der Waals surface area contributed by atoms with Crippen LogP contribution in [0.4, 0.5) is 17.6 Å². The Labute approximate surface area is 148 Å². The fourth-order valence-corrected chi connectivity index (χ4v) is 2.92. The molecule has 25 heavy (non-hydrogen) atoms. The Bertz CT molecular complexity index is 790. The van der Waals surface area contributed by atoms with E-state index in [-0.39, 0.29) is 6.04 Å². The van der Waals surface area contributed by atoms with Crippen LogP contribution in [-0.2, 0) is 13.0 Å². The molecular formula is C18H23N7. The summed E-state index contributed by atoms with van der Waals surface area (Å²) >= 11 is 0. The number of nitrogens with one attached hydrogen (secondary N) is 1. The van der Waals surface area contributed by atoms with E-state index >= 15 is 0 Å². The van der Waals surface area contributed by atoms with E-state index in [0.29, 0.717) is 18.1 Å². The third-order valence-electron chi connectivity index (χ3n) is 4.08. The predicted molar refractivity (Wildman–Crippen MR) is 98.8 cm³/mol. The van der Waals surface area contributed by atoms with Crippen LogP contribution >= 0.6 is 0 Å². The Hall–Kier alpha value is -2.88. The number of nitrogens with zero attached hydrogens (tertiary/aromatic N) is 6. The van der Waals surface area contributed by atoms with Gasteiger partial charge in [0.2, 0.25) is 5.95 Å². The summed E-state index contributed by atoms with van der Waals surface area (Å²) in [6.45, 7) is 5.72. The fourth-order valence-electron chi connectivity index (χ4n) is 2.92. The Morgan fingerprint density at radius 1 is 1.28 bits per heavy atom. The molecule has 0 saturated heterocycles. The van der Waals surface area contributed by atoms with Crippen LogP contribution in [0.3, 0.4) is 0 Å².